The first kappa shape index (κ1) is 22.4. The number of carbonyl (C=O) groups is 2. The average Bonchev–Trinajstić information content (AvgIpc) is 3.61. The molecule has 1 aliphatic heterocycles. The number of amides is 1. The number of methoxy groups -OCH3 is 1. The fourth-order valence-corrected chi connectivity index (χ4v) is 4.96. The Kier molecular flexibility index (Phi) is 5.84. The highest BCUT2D eigenvalue weighted by atomic mass is 32.1. The first-order valence-corrected chi connectivity index (χ1v) is 11.5. The van der Waals surface area contributed by atoms with E-state index >= 15 is 0 Å². The Labute approximate surface area is 204 Å². The van der Waals surface area contributed by atoms with E-state index in [2.05, 4.69) is 11.6 Å². The smallest absolute Gasteiger partial charge is 0.296 e. The van der Waals surface area contributed by atoms with Gasteiger partial charge in [-0.1, -0.05) is 36.1 Å². The van der Waals surface area contributed by atoms with Crippen LogP contribution in [0.25, 0.3) is 10.2 Å². The second-order valence-corrected chi connectivity index (χ2v) is 8.66. The molecule has 5 rings (SSSR count). The van der Waals surface area contributed by atoms with Gasteiger partial charge in [0.25, 0.3) is 5.91 Å². The molecular formula is C26H20N2O6S. The van der Waals surface area contributed by atoms with Crippen molar-refractivity contribution in [2.75, 3.05) is 18.6 Å². The van der Waals surface area contributed by atoms with Gasteiger partial charge in [0, 0.05) is 0 Å². The summed E-state index contributed by atoms with van der Waals surface area (Å²) in [6, 6.07) is 14.5. The summed E-state index contributed by atoms with van der Waals surface area (Å²) in [4.78, 5) is 32.7. The normalized spacial score (nSPS) is 15.6. The van der Waals surface area contributed by atoms with Crippen LogP contribution in [0.4, 0.5) is 5.13 Å². The van der Waals surface area contributed by atoms with Gasteiger partial charge in [0.2, 0.25) is 5.78 Å². The number of fused-ring (bicyclic) bond motifs is 1. The minimum atomic E-state index is -0.949. The molecule has 1 unspecified atom stereocenters. The highest BCUT2D eigenvalue weighted by molar-refractivity contribution is 7.22. The number of anilines is 1. The van der Waals surface area contributed by atoms with Gasteiger partial charge < -0.3 is 19.0 Å². The third-order valence-corrected chi connectivity index (χ3v) is 6.55. The van der Waals surface area contributed by atoms with Crippen LogP contribution in [0.2, 0.25) is 0 Å². The number of aliphatic hydroxyl groups is 1. The van der Waals surface area contributed by atoms with Gasteiger partial charge in [0.1, 0.15) is 18.1 Å². The molecule has 0 saturated carbocycles. The van der Waals surface area contributed by atoms with Crippen molar-refractivity contribution in [1.82, 2.24) is 4.98 Å². The van der Waals surface area contributed by atoms with Gasteiger partial charge in [-0.05, 0) is 48.0 Å². The second kappa shape index (κ2) is 9.11. The number of benzene rings is 2. The molecule has 1 amide bonds. The number of hydrogen-bond acceptors (Lipinski definition) is 8. The molecule has 8 nitrogen and oxygen atoms in total. The summed E-state index contributed by atoms with van der Waals surface area (Å²) in [6.45, 7) is 3.94. The van der Waals surface area contributed by atoms with E-state index in [-0.39, 0.29) is 17.9 Å². The van der Waals surface area contributed by atoms with Gasteiger partial charge >= 0.3 is 0 Å². The quantitative estimate of drug-likeness (QED) is 0.267. The first-order valence-electron chi connectivity index (χ1n) is 10.6. The van der Waals surface area contributed by atoms with Crippen LogP contribution in [0.1, 0.15) is 22.2 Å². The third kappa shape index (κ3) is 3.95. The molecule has 1 atom stereocenters. The number of nitrogens with zero attached hydrogens (tertiary/aromatic N) is 2. The SMILES string of the molecule is C=CCOc1cccc(C2C(C(=O)c3ccco3)=C(O)C(=O)N2c2nc3ccc(OC)cc3s2)c1. The van der Waals surface area contributed by atoms with Crippen LogP contribution in [0.15, 0.2) is 89.3 Å². The largest absolute Gasteiger partial charge is 0.503 e. The molecule has 4 aromatic rings. The number of carbonyl (C=O) groups excluding carboxylic acids is 2. The van der Waals surface area contributed by atoms with Gasteiger partial charge in [-0.15, -0.1) is 0 Å². The minimum absolute atomic E-state index is 0.0132. The van der Waals surface area contributed by atoms with Gasteiger partial charge in [-0.25, -0.2) is 4.98 Å². The van der Waals surface area contributed by atoms with E-state index in [1.165, 1.54) is 28.6 Å². The lowest BCUT2D eigenvalue weighted by molar-refractivity contribution is -0.117. The van der Waals surface area contributed by atoms with Crippen LogP contribution in [0, 0.1) is 0 Å². The number of thiazole rings is 1. The number of hydrogen-bond donors (Lipinski definition) is 1. The van der Waals surface area contributed by atoms with Crippen LogP contribution < -0.4 is 14.4 Å². The summed E-state index contributed by atoms with van der Waals surface area (Å²) in [7, 11) is 1.57. The van der Waals surface area contributed by atoms with E-state index in [1.807, 2.05) is 6.07 Å². The summed E-state index contributed by atoms with van der Waals surface area (Å²) in [6.07, 6.45) is 2.98. The monoisotopic (exact) mass is 488 g/mol. The predicted octanol–water partition coefficient (Wildman–Crippen LogP) is 5.25. The van der Waals surface area contributed by atoms with Gasteiger partial charge in [-0.2, -0.15) is 0 Å². The topological polar surface area (TPSA) is 102 Å². The minimum Gasteiger partial charge on any atom is -0.503 e. The standard InChI is InChI=1S/C26H20N2O6S/c1-3-11-33-17-7-4-6-15(13-17)22-21(23(29)19-8-5-12-34-19)24(30)25(31)28(22)26-27-18-10-9-16(32-2)14-20(18)35-26/h3-10,12-14,22,30H,1,11H2,2H3. The molecule has 9 heteroatoms. The molecule has 1 aliphatic rings. The number of rotatable bonds is 8. The van der Waals surface area contributed by atoms with Crippen LogP contribution in [-0.4, -0.2) is 35.5 Å². The Morgan fingerprint density at radius 1 is 1.23 bits per heavy atom. The van der Waals surface area contributed by atoms with Crippen molar-refractivity contribution in [3.05, 3.63) is 96.2 Å². The summed E-state index contributed by atoms with van der Waals surface area (Å²) < 4.78 is 17.0. The van der Waals surface area contributed by atoms with Crippen molar-refractivity contribution in [2.24, 2.45) is 0 Å². The Morgan fingerprint density at radius 3 is 2.83 bits per heavy atom. The van der Waals surface area contributed by atoms with E-state index in [0.717, 1.165) is 4.70 Å². The maximum atomic E-state index is 13.4. The summed E-state index contributed by atoms with van der Waals surface area (Å²) in [5.74, 6) is -0.773. The van der Waals surface area contributed by atoms with E-state index in [4.69, 9.17) is 13.9 Å². The van der Waals surface area contributed by atoms with E-state index in [9.17, 15) is 14.7 Å². The fourth-order valence-electron chi connectivity index (χ4n) is 3.94. The molecule has 35 heavy (non-hydrogen) atoms. The fraction of sp³-hybridized carbons (Fsp3) is 0.115. The molecular weight excluding hydrogens is 468 g/mol. The number of furan rings is 1. The summed E-state index contributed by atoms with van der Waals surface area (Å²) >= 11 is 1.25. The van der Waals surface area contributed by atoms with E-state index in [0.29, 0.717) is 27.7 Å². The Bertz CT molecular complexity index is 1470. The molecule has 176 valence electrons. The molecule has 0 bridgehead atoms. The van der Waals surface area contributed by atoms with Gasteiger partial charge in [0.15, 0.2) is 16.7 Å². The van der Waals surface area contributed by atoms with Crippen molar-refractivity contribution in [1.29, 1.82) is 0 Å². The molecule has 3 heterocycles. The zero-order valence-corrected chi connectivity index (χ0v) is 19.5. The zero-order valence-electron chi connectivity index (χ0n) is 18.6. The summed E-state index contributed by atoms with van der Waals surface area (Å²) in [5.41, 5.74) is 1.13. The van der Waals surface area contributed by atoms with Crippen LogP contribution in [0.5, 0.6) is 11.5 Å². The third-order valence-electron chi connectivity index (χ3n) is 5.53. The number of Topliss-reactive ketones (excluding diaryl/α,β-unsaturated/α-hetero) is 1. The van der Waals surface area contributed by atoms with Crippen molar-refractivity contribution in [3.8, 4) is 11.5 Å². The van der Waals surface area contributed by atoms with Crippen LogP contribution in [-0.2, 0) is 4.79 Å². The maximum Gasteiger partial charge on any atom is 0.296 e. The lowest BCUT2D eigenvalue weighted by Crippen LogP contribution is -2.31. The molecule has 1 N–H and O–H groups in total. The van der Waals surface area contributed by atoms with Crippen LogP contribution >= 0.6 is 11.3 Å². The van der Waals surface area contributed by atoms with E-state index < -0.39 is 23.5 Å². The molecule has 2 aromatic heterocycles. The van der Waals surface area contributed by atoms with Crippen molar-refractivity contribution in [2.45, 2.75) is 6.04 Å². The first-order chi connectivity index (χ1) is 17.0. The lowest BCUT2D eigenvalue weighted by Gasteiger charge is -2.24. The number of ether oxygens (including phenoxy) is 2. The van der Waals surface area contributed by atoms with Crippen molar-refractivity contribution >= 4 is 38.4 Å². The second-order valence-electron chi connectivity index (χ2n) is 7.65. The molecule has 0 saturated heterocycles. The van der Waals surface area contributed by atoms with Crippen LogP contribution in [0.3, 0.4) is 0 Å². The van der Waals surface area contributed by atoms with E-state index in [1.54, 1.807) is 55.7 Å². The molecule has 0 radical (unpaired) electrons. The Hall–Kier alpha value is -4.37. The van der Waals surface area contributed by atoms with Crippen molar-refractivity contribution in [3.63, 3.8) is 0 Å². The van der Waals surface area contributed by atoms with Crippen molar-refractivity contribution < 1.29 is 28.6 Å². The Morgan fingerprint density at radius 2 is 2.09 bits per heavy atom. The number of aliphatic hydroxyl groups excluding tert-OH is 1. The highest BCUT2D eigenvalue weighted by Gasteiger charge is 2.46. The lowest BCUT2D eigenvalue weighted by atomic mass is 9.95. The molecule has 0 fully saturated rings. The number of aromatic nitrogens is 1. The Balaban J connectivity index is 1.65. The molecule has 2 aromatic carbocycles. The highest BCUT2D eigenvalue weighted by Crippen LogP contribution is 2.45. The molecule has 0 aliphatic carbocycles. The summed E-state index contributed by atoms with van der Waals surface area (Å²) in [5, 5.41) is 11.2. The molecule has 0 spiro atoms. The number of ketones is 1. The average molecular weight is 489 g/mol. The van der Waals surface area contributed by atoms with Gasteiger partial charge in [-0.3, -0.25) is 14.5 Å². The maximum absolute atomic E-state index is 13.4. The van der Waals surface area contributed by atoms with Gasteiger partial charge in [0.05, 0.1) is 35.2 Å². The zero-order chi connectivity index (χ0) is 24.5. The predicted molar refractivity (Wildman–Crippen MR) is 131 cm³/mol.